The van der Waals surface area contributed by atoms with Crippen LogP contribution in [0.4, 0.5) is 0 Å². The van der Waals surface area contributed by atoms with Crippen LogP contribution in [0.2, 0.25) is 5.02 Å². The van der Waals surface area contributed by atoms with Crippen molar-refractivity contribution in [3.05, 3.63) is 38.8 Å². The first kappa shape index (κ1) is 14.8. The van der Waals surface area contributed by atoms with Crippen molar-refractivity contribution < 1.29 is 14.3 Å². The minimum atomic E-state index is 0.313. The van der Waals surface area contributed by atoms with E-state index in [1.807, 2.05) is 5.38 Å². The largest absolute Gasteiger partial charge is 0.493 e. The molecular weight excluding hydrogens is 298 g/mol. The highest BCUT2D eigenvalue weighted by atomic mass is 35.5. The Hall–Kier alpha value is -1.59. The number of carbonyl (C=O) groups is 1. The zero-order valence-corrected chi connectivity index (χ0v) is 12.8. The van der Waals surface area contributed by atoms with Crippen molar-refractivity contribution in [1.29, 1.82) is 0 Å². The summed E-state index contributed by atoms with van der Waals surface area (Å²) in [5.74, 6) is 0.858. The highest BCUT2D eigenvalue weighted by Gasteiger charge is 2.13. The van der Waals surface area contributed by atoms with Crippen LogP contribution in [0, 0.1) is 0 Å². The number of thiazole rings is 1. The average Bonchev–Trinajstić information content (AvgIpc) is 2.93. The summed E-state index contributed by atoms with van der Waals surface area (Å²) in [5, 5.41) is 3.37. The number of methoxy groups -OCH3 is 1. The van der Waals surface area contributed by atoms with E-state index in [-0.39, 0.29) is 0 Å². The van der Waals surface area contributed by atoms with E-state index in [1.54, 1.807) is 23.5 Å². The number of nitrogens with zero attached hydrogens (tertiary/aromatic N) is 1. The van der Waals surface area contributed by atoms with Gasteiger partial charge in [-0.1, -0.05) is 18.5 Å². The molecule has 1 aromatic carbocycles. The van der Waals surface area contributed by atoms with E-state index in [4.69, 9.17) is 21.1 Å². The monoisotopic (exact) mass is 311 g/mol. The van der Waals surface area contributed by atoms with E-state index in [2.05, 4.69) is 11.9 Å². The van der Waals surface area contributed by atoms with Crippen molar-refractivity contribution in [3.8, 4) is 11.5 Å². The van der Waals surface area contributed by atoms with Crippen molar-refractivity contribution in [2.75, 3.05) is 7.11 Å². The second kappa shape index (κ2) is 6.72. The molecule has 20 heavy (non-hydrogen) atoms. The van der Waals surface area contributed by atoms with Gasteiger partial charge in [-0.05, 0) is 18.6 Å². The normalized spacial score (nSPS) is 10.3. The highest BCUT2D eigenvalue weighted by Crippen LogP contribution is 2.36. The summed E-state index contributed by atoms with van der Waals surface area (Å²) in [6.07, 6.45) is 1.62. The molecule has 4 nitrogen and oxygen atoms in total. The van der Waals surface area contributed by atoms with Crippen LogP contribution in [0.25, 0.3) is 0 Å². The molecule has 0 aliphatic carbocycles. The number of hydrogen-bond donors (Lipinski definition) is 0. The number of ether oxygens (including phenoxy) is 2. The molecule has 6 heteroatoms. The van der Waals surface area contributed by atoms with Gasteiger partial charge in [-0.3, -0.25) is 4.79 Å². The van der Waals surface area contributed by atoms with Gasteiger partial charge in [-0.25, -0.2) is 4.98 Å². The average molecular weight is 312 g/mol. The molecular formula is C14H14ClNO3S. The molecule has 0 amide bonds. The fourth-order valence-electron chi connectivity index (χ4n) is 1.67. The Morgan fingerprint density at radius 3 is 2.85 bits per heavy atom. The van der Waals surface area contributed by atoms with Gasteiger partial charge in [0, 0.05) is 10.9 Å². The fourth-order valence-corrected chi connectivity index (χ4v) is 2.67. The fraction of sp³-hybridized carbons (Fsp3) is 0.286. The van der Waals surface area contributed by atoms with E-state index >= 15 is 0 Å². The Kier molecular flexibility index (Phi) is 4.98. The minimum absolute atomic E-state index is 0.313. The maximum Gasteiger partial charge on any atom is 0.180 e. The summed E-state index contributed by atoms with van der Waals surface area (Å²) >= 11 is 7.71. The van der Waals surface area contributed by atoms with Gasteiger partial charge in [0.1, 0.15) is 12.9 Å². The van der Waals surface area contributed by atoms with Gasteiger partial charge in [-0.2, -0.15) is 0 Å². The van der Waals surface area contributed by atoms with Gasteiger partial charge < -0.3 is 9.47 Å². The third-order valence-electron chi connectivity index (χ3n) is 2.65. The van der Waals surface area contributed by atoms with E-state index in [0.717, 1.165) is 17.1 Å². The lowest BCUT2D eigenvalue weighted by Crippen LogP contribution is -2.00. The quantitative estimate of drug-likeness (QED) is 0.762. The number of benzene rings is 1. The molecule has 0 saturated carbocycles. The Balaban J connectivity index is 2.18. The molecule has 0 fully saturated rings. The summed E-state index contributed by atoms with van der Waals surface area (Å²) in [5.41, 5.74) is 1.30. The molecule has 0 radical (unpaired) electrons. The van der Waals surface area contributed by atoms with Crippen molar-refractivity contribution in [3.63, 3.8) is 0 Å². The summed E-state index contributed by atoms with van der Waals surface area (Å²) in [6.45, 7) is 2.37. The molecule has 0 atom stereocenters. The number of aromatic nitrogens is 1. The van der Waals surface area contributed by atoms with Gasteiger partial charge >= 0.3 is 0 Å². The first-order valence-electron chi connectivity index (χ1n) is 6.06. The number of carbonyl (C=O) groups excluding carboxylic acids is 1. The number of hydrogen-bond acceptors (Lipinski definition) is 5. The third-order valence-corrected chi connectivity index (χ3v) is 3.98. The number of halogens is 1. The zero-order chi connectivity index (χ0) is 14.5. The molecule has 2 aromatic rings. The molecule has 1 aromatic heterocycles. The van der Waals surface area contributed by atoms with Crippen LogP contribution in [0.3, 0.4) is 0 Å². The Morgan fingerprint density at radius 1 is 1.45 bits per heavy atom. The minimum Gasteiger partial charge on any atom is -0.493 e. The maximum atomic E-state index is 10.8. The van der Waals surface area contributed by atoms with Crippen molar-refractivity contribution in [2.24, 2.45) is 0 Å². The van der Waals surface area contributed by atoms with E-state index < -0.39 is 0 Å². The highest BCUT2D eigenvalue weighted by molar-refractivity contribution is 7.09. The van der Waals surface area contributed by atoms with Gasteiger partial charge in [-0.15, -0.1) is 11.3 Å². The molecule has 0 aliphatic rings. The predicted molar refractivity (Wildman–Crippen MR) is 79.2 cm³/mol. The molecule has 2 rings (SSSR count). The van der Waals surface area contributed by atoms with Crippen LogP contribution in [-0.2, 0) is 13.0 Å². The van der Waals surface area contributed by atoms with Gasteiger partial charge in [0.25, 0.3) is 0 Å². The molecule has 0 unspecified atom stereocenters. The topological polar surface area (TPSA) is 48.4 Å². The Bertz CT molecular complexity index is 612. The Labute approximate surface area is 126 Å². The van der Waals surface area contributed by atoms with E-state index in [0.29, 0.717) is 35.0 Å². The van der Waals surface area contributed by atoms with E-state index in [9.17, 15) is 4.79 Å². The SMILES string of the molecule is CCc1nc(COc2c(Cl)cc(C=O)cc2OC)cs1. The predicted octanol–water partition coefficient (Wildman–Crippen LogP) is 3.76. The van der Waals surface area contributed by atoms with Crippen molar-refractivity contribution in [2.45, 2.75) is 20.0 Å². The third kappa shape index (κ3) is 3.29. The number of rotatable bonds is 6. The number of aldehydes is 1. The van der Waals surface area contributed by atoms with Gasteiger partial charge in [0.05, 0.1) is 22.8 Å². The van der Waals surface area contributed by atoms with Gasteiger partial charge in [0.15, 0.2) is 11.5 Å². The van der Waals surface area contributed by atoms with Crippen molar-refractivity contribution in [1.82, 2.24) is 4.98 Å². The lowest BCUT2D eigenvalue weighted by atomic mass is 10.2. The lowest BCUT2D eigenvalue weighted by Gasteiger charge is -2.12. The second-order valence-electron chi connectivity index (χ2n) is 4.03. The van der Waals surface area contributed by atoms with Crippen molar-refractivity contribution >= 4 is 29.2 Å². The first-order chi connectivity index (χ1) is 9.67. The molecule has 0 saturated heterocycles. The van der Waals surface area contributed by atoms with Crippen LogP contribution in [-0.4, -0.2) is 18.4 Å². The molecule has 106 valence electrons. The van der Waals surface area contributed by atoms with Crippen LogP contribution in [0.15, 0.2) is 17.5 Å². The molecule has 0 aliphatic heterocycles. The molecule has 0 bridgehead atoms. The van der Waals surface area contributed by atoms with E-state index in [1.165, 1.54) is 7.11 Å². The summed E-state index contributed by atoms with van der Waals surface area (Å²) in [7, 11) is 1.51. The Morgan fingerprint density at radius 2 is 2.25 bits per heavy atom. The van der Waals surface area contributed by atoms with Crippen LogP contribution < -0.4 is 9.47 Å². The van der Waals surface area contributed by atoms with Crippen LogP contribution in [0.1, 0.15) is 28.0 Å². The summed E-state index contributed by atoms with van der Waals surface area (Å²) < 4.78 is 10.9. The molecule has 1 heterocycles. The number of aryl methyl sites for hydroxylation is 1. The maximum absolute atomic E-state index is 10.8. The van der Waals surface area contributed by atoms with Crippen LogP contribution in [0.5, 0.6) is 11.5 Å². The lowest BCUT2D eigenvalue weighted by molar-refractivity contribution is 0.112. The molecule has 0 spiro atoms. The smallest absolute Gasteiger partial charge is 0.180 e. The summed E-state index contributed by atoms with van der Waals surface area (Å²) in [6, 6.07) is 3.14. The molecule has 0 N–H and O–H groups in total. The second-order valence-corrected chi connectivity index (χ2v) is 5.38. The van der Waals surface area contributed by atoms with Gasteiger partial charge in [0.2, 0.25) is 0 Å². The standard InChI is InChI=1S/C14H14ClNO3S/c1-3-13-16-10(8-20-13)7-19-14-11(15)4-9(6-17)5-12(14)18-2/h4-6,8H,3,7H2,1-2H3. The first-order valence-corrected chi connectivity index (χ1v) is 7.32. The van der Waals surface area contributed by atoms with Crippen LogP contribution >= 0.6 is 22.9 Å². The zero-order valence-electron chi connectivity index (χ0n) is 11.2. The summed E-state index contributed by atoms with van der Waals surface area (Å²) in [4.78, 5) is 15.2.